The van der Waals surface area contributed by atoms with Crippen molar-refractivity contribution < 1.29 is 18.7 Å². The van der Waals surface area contributed by atoms with Gasteiger partial charge in [0.1, 0.15) is 5.82 Å². The molecule has 0 aromatic heterocycles. The molecule has 1 saturated carbocycles. The Balaban J connectivity index is 2.07. The average Bonchev–Trinajstić information content (AvgIpc) is 3.01. The van der Waals surface area contributed by atoms with Crippen molar-refractivity contribution >= 4 is 11.9 Å². The molecule has 0 bridgehead atoms. The van der Waals surface area contributed by atoms with Crippen molar-refractivity contribution in [2.75, 3.05) is 13.2 Å². The molecule has 5 heteroatoms. The van der Waals surface area contributed by atoms with E-state index in [0.717, 1.165) is 19.3 Å². The molecule has 1 aliphatic rings. The summed E-state index contributed by atoms with van der Waals surface area (Å²) in [6.45, 7) is 2.23. The van der Waals surface area contributed by atoms with Gasteiger partial charge < -0.3 is 10.1 Å². The lowest BCUT2D eigenvalue weighted by atomic mass is 9.79. The molecule has 0 saturated heterocycles. The first kappa shape index (κ1) is 16.5. The van der Waals surface area contributed by atoms with E-state index in [9.17, 15) is 14.0 Å². The Morgan fingerprint density at radius 3 is 2.68 bits per heavy atom. The molecule has 2 rings (SSSR count). The Morgan fingerprint density at radius 1 is 1.32 bits per heavy atom. The van der Waals surface area contributed by atoms with Gasteiger partial charge in [-0.1, -0.05) is 31.9 Å². The second kappa shape index (κ2) is 7.38. The van der Waals surface area contributed by atoms with Gasteiger partial charge in [-0.25, -0.2) is 4.39 Å². The lowest BCUT2D eigenvalue weighted by Crippen LogP contribution is -2.38. The number of hydrogen-bond acceptors (Lipinski definition) is 3. The van der Waals surface area contributed by atoms with E-state index in [1.54, 1.807) is 12.1 Å². The van der Waals surface area contributed by atoms with Crippen LogP contribution < -0.4 is 5.32 Å². The number of hydrogen-bond donors (Lipinski definition) is 1. The normalized spacial score (nSPS) is 16.3. The molecule has 1 aromatic rings. The van der Waals surface area contributed by atoms with Gasteiger partial charge >= 0.3 is 5.97 Å². The van der Waals surface area contributed by atoms with Crippen LogP contribution >= 0.6 is 0 Å². The van der Waals surface area contributed by atoms with E-state index in [4.69, 9.17) is 4.74 Å². The standard InChI is InChI=1S/C17H22FNO3/c1-2-10-19-15(20)12-22-16(21)17(8-3-4-9-17)13-6-5-7-14(18)11-13/h5-7,11H,2-4,8-10,12H2,1H3,(H,19,20). The van der Waals surface area contributed by atoms with E-state index in [1.165, 1.54) is 12.1 Å². The summed E-state index contributed by atoms with van der Waals surface area (Å²) in [4.78, 5) is 24.1. The first-order valence-electron chi connectivity index (χ1n) is 7.78. The fraction of sp³-hybridized carbons (Fsp3) is 0.529. The van der Waals surface area contributed by atoms with Crippen molar-refractivity contribution in [3.63, 3.8) is 0 Å². The largest absolute Gasteiger partial charge is 0.455 e. The zero-order valence-electron chi connectivity index (χ0n) is 12.9. The molecule has 1 aliphatic carbocycles. The summed E-state index contributed by atoms with van der Waals surface area (Å²) < 4.78 is 18.7. The topological polar surface area (TPSA) is 55.4 Å². The average molecular weight is 307 g/mol. The summed E-state index contributed by atoms with van der Waals surface area (Å²) in [6.07, 6.45) is 3.88. The summed E-state index contributed by atoms with van der Waals surface area (Å²) in [5, 5.41) is 2.66. The monoisotopic (exact) mass is 307 g/mol. The molecule has 0 aliphatic heterocycles. The van der Waals surface area contributed by atoms with Gasteiger partial charge in [-0.15, -0.1) is 0 Å². The fourth-order valence-corrected chi connectivity index (χ4v) is 2.96. The Morgan fingerprint density at radius 2 is 2.05 bits per heavy atom. The van der Waals surface area contributed by atoms with Crippen LogP contribution in [-0.4, -0.2) is 25.0 Å². The highest BCUT2D eigenvalue weighted by atomic mass is 19.1. The van der Waals surface area contributed by atoms with E-state index in [0.29, 0.717) is 24.9 Å². The molecule has 1 fully saturated rings. The van der Waals surface area contributed by atoms with Crippen LogP contribution in [0.15, 0.2) is 24.3 Å². The summed E-state index contributed by atoms with van der Waals surface area (Å²) in [6, 6.07) is 6.11. The minimum absolute atomic E-state index is 0.282. The van der Waals surface area contributed by atoms with Crippen LogP contribution in [0.2, 0.25) is 0 Å². The Hall–Kier alpha value is -1.91. The summed E-state index contributed by atoms with van der Waals surface area (Å²) in [5.41, 5.74) is -0.170. The van der Waals surface area contributed by atoms with E-state index < -0.39 is 11.4 Å². The Labute approximate surface area is 130 Å². The Kier molecular flexibility index (Phi) is 5.52. The maximum absolute atomic E-state index is 13.5. The molecule has 4 nitrogen and oxygen atoms in total. The van der Waals surface area contributed by atoms with Gasteiger partial charge in [0.25, 0.3) is 5.91 Å². The van der Waals surface area contributed by atoms with E-state index in [-0.39, 0.29) is 18.3 Å². The van der Waals surface area contributed by atoms with E-state index >= 15 is 0 Å². The summed E-state index contributed by atoms with van der Waals surface area (Å²) in [5.74, 6) is -1.10. The zero-order valence-corrected chi connectivity index (χ0v) is 12.9. The van der Waals surface area contributed by atoms with Crippen molar-refractivity contribution in [1.82, 2.24) is 5.32 Å². The van der Waals surface area contributed by atoms with Gasteiger partial charge in [-0.05, 0) is 37.0 Å². The van der Waals surface area contributed by atoms with Crippen molar-refractivity contribution in [3.8, 4) is 0 Å². The fourth-order valence-electron chi connectivity index (χ4n) is 2.96. The predicted octanol–water partition coefficient (Wildman–Crippen LogP) is 2.71. The van der Waals surface area contributed by atoms with Crippen LogP contribution in [0.4, 0.5) is 4.39 Å². The van der Waals surface area contributed by atoms with Crippen LogP contribution in [0.5, 0.6) is 0 Å². The van der Waals surface area contributed by atoms with Gasteiger partial charge in [0.15, 0.2) is 6.61 Å². The molecule has 120 valence electrons. The lowest BCUT2D eigenvalue weighted by molar-refractivity contribution is -0.154. The van der Waals surface area contributed by atoms with Crippen molar-refractivity contribution in [2.24, 2.45) is 0 Å². The number of nitrogens with one attached hydrogen (secondary N) is 1. The molecule has 1 N–H and O–H groups in total. The molecule has 0 radical (unpaired) electrons. The second-order valence-electron chi connectivity index (χ2n) is 5.73. The number of halogens is 1. The van der Waals surface area contributed by atoms with Crippen molar-refractivity contribution in [2.45, 2.75) is 44.4 Å². The molecule has 1 aromatic carbocycles. The van der Waals surface area contributed by atoms with Gasteiger partial charge in [0, 0.05) is 6.54 Å². The molecular formula is C17H22FNO3. The number of carbonyl (C=O) groups excluding carboxylic acids is 2. The molecule has 22 heavy (non-hydrogen) atoms. The van der Waals surface area contributed by atoms with Crippen LogP contribution in [0.25, 0.3) is 0 Å². The van der Waals surface area contributed by atoms with Crippen molar-refractivity contribution in [3.05, 3.63) is 35.6 Å². The maximum Gasteiger partial charge on any atom is 0.317 e. The minimum Gasteiger partial charge on any atom is -0.455 e. The molecule has 0 spiro atoms. The molecule has 1 amide bonds. The lowest BCUT2D eigenvalue weighted by Gasteiger charge is -2.27. The number of carbonyl (C=O) groups is 2. The van der Waals surface area contributed by atoms with Gasteiger partial charge in [-0.3, -0.25) is 9.59 Å². The Bertz CT molecular complexity index is 538. The first-order chi connectivity index (χ1) is 10.6. The third-order valence-corrected chi connectivity index (χ3v) is 4.13. The third-order valence-electron chi connectivity index (χ3n) is 4.13. The highest BCUT2D eigenvalue weighted by Gasteiger charge is 2.44. The molecule has 0 heterocycles. The maximum atomic E-state index is 13.5. The van der Waals surface area contributed by atoms with Gasteiger partial charge in [0.2, 0.25) is 0 Å². The second-order valence-corrected chi connectivity index (χ2v) is 5.73. The summed E-state index contributed by atoms with van der Waals surface area (Å²) in [7, 11) is 0. The van der Waals surface area contributed by atoms with E-state index in [2.05, 4.69) is 5.32 Å². The smallest absolute Gasteiger partial charge is 0.317 e. The molecule has 0 unspecified atom stereocenters. The van der Waals surface area contributed by atoms with E-state index in [1.807, 2.05) is 6.92 Å². The van der Waals surface area contributed by atoms with Crippen molar-refractivity contribution in [1.29, 1.82) is 0 Å². The predicted molar refractivity (Wildman–Crippen MR) is 80.8 cm³/mol. The number of benzene rings is 1. The van der Waals surface area contributed by atoms with Crippen LogP contribution in [0, 0.1) is 5.82 Å². The number of amides is 1. The van der Waals surface area contributed by atoms with Crippen LogP contribution in [-0.2, 0) is 19.7 Å². The molecular weight excluding hydrogens is 285 g/mol. The zero-order chi connectivity index (χ0) is 16.0. The third kappa shape index (κ3) is 3.64. The SMILES string of the molecule is CCCNC(=O)COC(=O)C1(c2cccc(F)c2)CCCC1. The summed E-state index contributed by atoms with van der Waals surface area (Å²) >= 11 is 0. The number of esters is 1. The first-order valence-corrected chi connectivity index (χ1v) is 7.78. The van der Waals surface area contributed by atoms with Gasteiger partial charge in [0.05, 0.1) is 5.41 Å². The number of rotatable bonds is 6. The quantitative estimate of drug-likeness (QED) is 0.822. The highest BCUT2D eigenvalue weighted by Crippen LogP contribution is 2.42. The molecule has 0 atom stereocenters. The highest BCUT2D eigenvalue weighted by molar-refractivity contribution is 5.86. The number of ether oxygens (including phenoxy) is 1. The van der Waals surface area contributed by atoms with Gasteiger partial charge in [-0.2, -0.15) is 0 Å². The van der Waals surface area contributed by atoms with Crippen LogP contribution in [0.1, 0.15) is 44.6 Å². The van der Waals surface area contributed by atoms with Crippen LogP contribution in [0.3, 0.4) is 0 Å². The minimum atomic E-state index is -0.812.